The summed E-state index contributed by atoms with van der Waals surface area (Å²) in [5.41, 5.74) is 1.20. The lowest BCUT2D eigenvalue weighted by molar-refractivity contribution is 0.610. The topological polar surface area (TPSA) is 70.7 Å². The Morgan fingerprint density at radius 1 is 1.38 bits per heavy atom. The van der Waals surface area contributed by atoms with Gasteiger partial charge in [-0.1, -0.05) is 0 Å². The Hall–Kier alpha value is -2.68. The molecular weight excluding hydrogens is 271 g/mol. The van der Waals surface area contributed by atoms with Gasteiger partial charge < -0.3 is 5.32 Å². The van der Waals surface area contributed by atoms with Crippen molar-refractivity contribution in [3.8, 4) is 6.07 Å². The zero-order valence-electron chi connectivity index (χ0n) is 11.2. The quantitative estimate of drug-likeness (QED) is 0.930. The third kappa shape index (κ3) is 3.26. The molecule has 0 aliphatic heterocycles. The first-order valence-electron chi connectivity index (χ1n) is 6.67. The van der Waals surface area contributed by atoms with Gasteiger partial charge in [-0.25, -0.2) is 9.07 Å². The number of nitrogens with one attached hydrogen (secondary N) is 1. The zero-order valence-corrected chi connectivity index (χ0v) is 11.2. The molecule has 1 heterocycles. The summed E-state index contributed by atoms with van der Waals surface area (Å²) < 4.78 is 14.6. The SMILES string of the molecule is N#Cc1cc(F)cc(Cn2ncc(NC3CC3)cc2=O)c1. The third-order valence-electron chi connectivity index (χ3n) is 3.24. The first-order valence-corrected chi connectivity index (χ1v) is 6.67. The maximum Gasteiger partial charge on any atom is 0.269 e. The molecule has 1 saturated carbocycles. The minimum atomic E-state index is -0.496. The molecular formula is C15H13FN4O. The maximum absolute atomic E-state index is 13.4. The van der Waals surface area contributed by atoms with Gasteiger partial charge in [0.2, 0.25) is 0 Å². The second kappa shape index (κ2) is 5.37. The van der Waals surface area contributed by atoms with E-state index in [0.717, 1.165) is 18.9 Å². The van der Waals surface area contributed by atoms with Gasteiger partial charge in [-0.15, -0.1) is 0 Å². The second-order valence-corrected chi connectivity index (χ2v) is 5.12. The average Bonchev–Trinajstić information content (AvgIpc) is 3.25. The van der Waals surface area contributed by atoms with E-state index in [2.05, 4.69) is 10.4 Å². The van der Waals surface area contributed by atoms with Crippen LogP contribution in [-0.4, -0.2) is 15.8 Å². The van der Waals surface area contributed by atoms with Gasteiger partial charge in [-0.2, -0.15) is 10.4 Å². The highest BCUT2D eigenvalue weighted by Crippen LogP contribution is 2.23. The number of halogens is 1. The summed E-state index contributed by atoms with van der Waals surface area (Å²) in [7, 11) is 0. The predicted molar refractivity (Wildman–Crippen MR) is 75.4 cm³/mol. The van der Waals surface area contributed by atoms with Gasteiger partial charge in [0, 0.05) is 12.1 Å². The summed E-state index contributed by atoms with van der Waals surface area (Å²) in [4.78, 5) is 12.0. The summed E-state index contributed by atoms with van der Waals surface area (Å²) in [6.07, 6.45) is 3.82. The molecule has 3 rings (SSSR count). The Labute approximate surface area is 120 Å². The van der Waals surface area contributed by atoms with Crippen LogP contribution in [0.25, 0.3) is 0 Å². The van der Waals surface area contributed by atoms with E-state index in [0.29, 0.717) is 17.3 Å². The van der Waals surface area contributed by atoms with Crippen molar-refractivity contribution in [3.05, 3.63) is 57.8 Å². The predicted octanol–water partition coefficient (Wildman–Crippen LogP) is 1.88. The Bertz CT molecular complexity index is 774. The van der Waals surface area contributed by atoms with Gasteiger partial charge in [0.05, 0.1) is 30.1 Å². The molecule has 0 unspecified atom stereocenters. The van der Waals surface area contributed by atoms with Gasteiger partial charge in [0.1, 0.15) is 5.82 Å². The van der Waals surface area contributed by atoms with Gasteiger partial charge in [0.25, 0.3) is 5.56 Å². The van der Waals surface area contributed by atoms with Crippen molar-refractivity contribution in [2.24, 2.45) is 0 Å². The van der Waals surface area contributed by atoms with E-state index < -0.39 is 5.82 Å². The largest absolute Gasteiger partial charge is 0.381 e. The fourth-order valence-electron chi connectivity index (χ4n) is 2.07. The number of rotatable bonds is 4. The van der Waals surface area contributed by atoms with Gasteiger partial charge in [-0.05, 0) is 36.6 Å². The highest BCUT2D eigenvalue weighted by atomic mass is 19.1. The van der Waals surface area contributed by atoms with Crippen molar-refractivity contribution in [2.45, 2.75) is 25.4 Å². The smallest absolute Gasteiger partial charge is 0.269 e. The molecule has 1 aliphatic carbocycles. The van der Waals surface area contributed by atoms with E-state index >= 15 is 0 Å². The summed E-state index contributed by atoms with van der Waals surface area (Å²) in [6, 6.07) is 7.82. The van der Waals surface area contributed by atoms with Crippen molar-refractivity contribution in [3.63, 3.8) is 0 Å². The molecule has 0 spiro atoms. The summed E-state index contributed by atoms with van der Waals surface area (Å²) >= 11 is 0. The van der Waals surface area contributed by atoms with Crippen LogP contribution in [0.4, 0.5) is 10.1 Å². The van der Waals surface area contributed by atoms with E-state index in [9.17, 15) is 9.18 Å². The van der Waals surface area contributed by atoms with Gasteiger partial charge in [-0.3, -0.25) is 4.79 Å². The van der Waals surface area contributed by atoms with Crippen LogP contribution in [0, 0.1) is 17.1 Å². The lowest BCUT2D eigenvalue weighted by Gasteiger charge is -2.08. The molecule has 1 fully saturated rings. The highest BCUT2D eigenvalue weighted by molar-refractivity contribution is 5.41. The van der Waals surface area contributed by atoms with Gasteiger partial charge >= 0.3 is 0 Å². The van der Waals surface area contributed by atoms with Crippen molar-refractivity contribution in [1.29, 1.82) is 5.26 Å². The summed E-state index contributed by atoms with van der Waals surface area (Å²) in [5.74, 6) is -0.496. The molecule has 0 radical (unpaired) electrons. The number of hydrogen-bond donors (Lipinski definition) is 1. The Morgan fingerprint density at radius 3 is 2.86 bits per heavy atom. The molecule has 106 valence electrons. The first kappa shape index (κ1) is 13.3. The van der Waals surface area contributed by atoms with Crippen LogP contribution < -0.4 is 10.9 Å². The summed E-state index contributed by atoms with van der Waals surface area (Å²) in [6.45, 7) is 0.134. The van der Waals surface area contributed by atoms with Crippen LogP contribution in [0.15, 0.2) is 35.3 Å². The fraction of sp³-hybridized carbons (Fsp3) is 0.267. The fourth-order valence-corrected chi connectivity index (χ4v) is 2.07. The van der Waals surface area contributed by atoms with Crippen LogP contribution in [0.5, 0.6) is 0 Å². The number of hydrogen-bond acceptors (Lipinski definition) is 4. The van der Waals surface area contributed by atoms with Crippen LogP contribution >= 0.6 is 0 Å². The van der Waals surface area contributed by atoms with Crippen molar-refractivity contribution in [1.82, 2.24) is 9.78 Å². The molecule has 1 aromatic carbocycles. The molecule has 0 amide bonds. The molecule has 2 aromatic rings. The third-order valence-corrected chi connectivity index (χ3v) is 3.24. The molecule has 0 bridgehead atoms. The molecule has 5 nitrogen and oxygen atoms in total. The molecule has 1 aliphatic rings. The minimum absolute atomic E-state index is 0.134. The molecule has 6 heteroatoms. The molecule has 0 atom stereocenters. The Kier molecular flexibility index (Phi) is 3.40. The minimum Gasteiger partial charge on any atom is -0.381 e. The van der Waals surface area contributed by atoms with Crippen molar-refractivity contribution < 1.29 is 4.39 Å². The molecule has 21 heavy (non-hydrogen) atoms. The summed E-state index contributed by atoms with van der Waals surface area (Å²) in [5, 5.41) is 16.1. The zero-order chi connectivity index (χ0) is 14.8. The lowest BCUT2D eigenvalue weighted by atomic mass is 10.1. The van der Waals surface area contributed by atoms with E-state index in [1.165, 1.54) is 16.8 Å². The van der Waals surface area contributed by atoms with E-state index in [4.69, 9.17) is 5.26 Å². The normalized spacial score (nSPS) is 13.7. The van der Waals surface area contributed by atoms with Gasteiger partial charge in [0.15, 0.2) is 0 Å². The van der Waals surface area contributed by atoms with Crippen LogP contribution in [0.1, 0.15) is 24.0 Å². The number of anilines is 1. The number of benzene rings is 1. The Balaban J connectivity index is 1.82. The van der Waals surface area contributed by atoms with Crippen LogP contribution in [-0.2, 0) is 6.54 Å². The Morgan fingerprint density at radius 2 is 2.19 bits per heavy atom. The van der Waals surface area contributed by atoms with Crippen molar-refractivity contribution >= 4 is 5.69 Å². The van der Waals surface area contributed by atoms with E-state index in [1.807, 2.05) is 6.07 Å². The van der Waals surface area contributed by atoms with E-state index in [1.54, 1.807) is 12.3 Å². The lowest BCUT2D eigenvalue weighted by Crippen LogP contribution is -2.23. The monoisotopic (exact) mass is 284 g/mol. The molecule has 1 aromatic heterocycles. The number of aromatic nitrogens is 2. The van der Waals surface area contributed by atoms with E-state index in [-0.39, 0.29) is 17.7 Å². The van der Waals surface area contributed by atoms with Crippen molar-refractivity contribution in [2.75, 3.05) is 5.32 Å². The second-order valence-electron chi connectivity index (χ2n) is 5.12. The molecule has 0 saturated heterocycles. The maximum atomic E-state index is 13.4. The number of nitriles is 1. The number of nitrogens with zero attached hydrogens (tertiary/aromatic N) is 3. The average molecular weight is 284 g/mol. The first-order chi connectivity index (χ1) is 10.1. The van der Waals surface area contributed by atoms with Crippen LogP contribution in [0.2, 0.25) is 0 Å². The highest BCUT2D eigenvalue weighted by Gasteiger charge is 2.21. The van der Waals surface area contributed by atoms with Crippen LogP contribution in [0.3, 0.4) is 0 Å². The standard InChI is InChI=1S/C15H13FN4O/c16-12-4-10(7-17)3-11(5-12)9-20-15(21)6-14(8-18-20)19-13-1-2-13/h3-6,8,13,19H,1-2,9H2. The molecule has 1 N–H and O–H groups in total.